The van der Waals surface area contributed by atoms with E-state index in [1.807, 2.05) is 0 Å². The van der Waals surface area contributed by atoms with Crippen LogP contribution in [0.1, 0.15) is 5.56 Å². The van der Waals surface area contributed by atoms with Crippen molar-refractivity contribution in [1.82, 2.24) is 15.5 Å². The number of aromatic nitrogens is 2. The molecule has 0 aromatic carbocycles. The van der Waals surface area contributed by atoms with E-state index in [0.717, 1.165) is 5.56 Å². The lowest BCUT2D eigenvalue weighted by atomic mass is 10.3. The Morgan fingerprint density at radius 2 is 2.67 bits per heavy atom. The summed E-state index contributed by atoms with van der Waals surface area (Å²) in [5.74, 6) is -0.126. The molecule has 2 N–H and O–H groups in total. The molecule has 5 heteroatoms. The van der Waals surface area contributed by atoms with Gasteiger partial charge in [0.15, 0.2) is 0 Å². The normalized spacial score (nSPS) is 9.75. The van der Waals surface area contributed by atoms with Crippen molar-refractivity contribution in [3.63, 3.8) is 0 Å². The second-order valence-corrected chi connectivity index (χ2v) is 2.32. The molecule has 1 aromatic rings. The van der Waals surface area contributed by atoms with Gasteiger partial charge >= 0.3 is 0 Å². The molecule has 1 heterocycles. The van der Waals surface area contributed by atoms with Gasteiger partial charge in [0.25, 0.3) is 0 Å². The summed E-state index contributed by atoms with van der Waals surface area (Å²) in [6.45, 7) is 0.580. The zero-order chi connectivity index (χ0) is 8.81. The number of aromatic amines is 1. The van der Waals surface area contributed by atoms with Gasteiger partial charge in [-0.05, 0) is 0 Å². The first-order valence-corrected chi connectivity index (χ1v) is 3.56. The average molecular weight is 169 g/mol. The minimum Gasteiger partial charge on any atom is -0.375 e. The van der Waals surface area contributed by atoms with E-state index in [1.165, 1.54) is 7.11 Å². The van der Waals surface area contributed by atoms with Crippen molar-refractivity contribution in [2.45, 2.75) is 6.54 Å². The molecule has 0 aliphatic heterocycles. The molecule has 0 radical (unpaired) electrons. The number of carbonyl (C=O) groups is 1. The Hall–Kier alpha value is -1.36. The van der Waals surface area contributed by atoms with Crippen molar-refractivity contribution in [1.29, 1.82) is 0 Å². The molecule has 0 aliphatic carbocycles. The van der Waals surface area contributed by atoms with Crippen molar-refractivity contribution >= 4 is 5.91 Å². The van der Waals surface area contributed by atoms with Crippen molar-refractivity contribution < 1.29 is 9.53 Å². The average Bonchev–Trinajstić information content (AvgIpc) is 2.53. The highest BCUT2D eigenvalue weighted by atomic mass is 16.5. The highest BCUT2D eigenvalue weighted by Crippen LogP contribution is 1.91. The third-order valence-corrected chi connectivity index (χ3v) is 1.32. The second kappa shape index (κ2) is 4.50. The van der Waals surface area contributed by atoms with E-state index in [2.05, 4.69) is 20.3 Å². The maximum absolute atomic E-state index is 10.9. The summed E-state index contributed by atoms with van der Waals surface area (Å²) < 4.78 is 4.64. The van der Waals surface area contributed by atoms with Gasteiger partial charge in [-0.2, -0.15) is 5.10 Å². The second-order valence-electron chi connectivity index (χ2n) is 2.32. The smallest absolute Gasteiger partial charge is 0.246 e. The largest absolute Gasteiger partial charge is 0.375 e. The molecule has 0 spiro atoms. The van der Waals surface area contributed by atoms with Crippen LogP contribution in [0.15, 0.2) is 12.4 Å². The van der Waals surface area contributed by atoms with Crippen LogP contribution in [0.2, 0.25) is 0 Å². The maximum atomic E-state index is 10.9. The number of ether oxygens (including phenoxy) is 1. The number of nitrogens with zero attached hydrogens (tertiary/aromatic N) is 1. The molecule has 66 valence electrons. The predicted molar refractivity (Wildman–Crippen MR) is 42.3 cm³/mol. The standard InChI is InChI=1S/C7H11N3O2/c1-12-5-7(11)8-2-6-3-9-10-4-6/h3-4H,2,5H2,1H3,(H,8,11)(H,9,10). The topological polar surface area (TPSA) is 67.0 Å². The van der Waals surface area contributed by atoms with E-state index in [9.17, 15) is 4.79 Å². The molecule has 1 aromatic heterocycles. The Balaban J connectivity index is 2.22. The van der Waals surface area contributed by atoms with Crippen LogP contribution in [-0.2, 0) is 16.1 Å². The molecule has 0 fully saturated rings. The Bertz CT molecular complexity index is 233. The van der Waals surface area contributed by atoms with Crippen LogP contribution in [0.4, 0.5) is 0 Å². The van der Waals surface area contributed by atoms with Gasteiger partial charge in [0.05, 0.1) is 6.20 Å². The zero-order valence-electron chi connectivity index (χ0n) is 6.83. The molecular formula is C7H11N3O2. The Morgan fingerprint density at radius 1 is 1.83 bits per heavy atom. The lowest BCUT2D eigenvalue weighted by molar-refractivity contribution is -0.124. The number of hydrogen-bond donors (Lipinski definition) is 2. The molecule has 12 heavy (non-hydrogen) atoms. The molecule has 5 nitrogen and oxygen atoms in total. The number of hydrogen-bond acceptors (Lipinski definition) is 3. The third kappa shape index (κ3) is 2.71. The number of amides is 1. The minimum absolute atomic E-state index is 0.0951. The summed E-state index contributed by atoms with van der Waals surface area (Å²) in [7, 11) is 1.48. The molecule has 0 aliphatic rings. The lowest BCUT2D eigenvalue weighted by Gasteiger charge is -2.00. The van der Waals surface area contributed by atoms with Crippen LogP contribution in [0, 0.1) is 0 Å². The van der Waals surface area contributed by atoms with Gasteiger partial charge in [0, 0.05) is 25.4 Å². The van der Waals surface area contributed by atoms with Crippen LogP contribution in [0.5, 0.6) is 0 Å². The van der Waals surface area contributed by atoms with Gasteiger partial charge < -0.3 is 10.1 Å². The Kier molecular flexibility index (Phi) is 3.28. The highest BCUT2D eigenvalue weighted by Gasteiger charge is 1.99. The summed E-state index contributed by atoms with van der Waals surface area (Å²) in [6, 6.07) is 0. The van der Waals surface area contributed by atoms with Crippen molar-refractivity contribution in [2.75, 3.05) is 13.7 Å². The third-order valence-electron chi connectivity index (χ3n) is 1.32. The van der Waals surface area contributed by atoms with Gasteiger partial charge in [0.1, 0.15) is 6.61 Å². The number of methoxy groups -OCH3 is 1. The molecule has 0 atom stereocenters. The van der Waals surface area contributed by atoms with Crippen LogP contribution in [0.3, 0.4) is 0 Å². The number of rotatable bonds is 4. The fourth-order valence-electron chi connectivity index (χ4n) is 0.757. The van der Waals surface area contributed by atoms with Crippen LogP contribution >= 0.6 is 0 Å². The summed E-state index contributed by atoms with van der Waals surface area (Å²) in [5, 5.41) is 9.05. The lowest BCUT2D eigenvalue weighted by Crippen LogP contribution is -2.26. The van der Waals surface area contributed by atoms with Gasteiger partial charge in [-0.1, -0.05) is 0 Å². The number of nitrogens with one attached hydrogen (secondary N) is 2. The van der Waals surface area contributed by atoms with Crippen molar-refractivity contribution in [3.8, 4) is 0 Å². The Labute approximate surface area is 70.1 Å². The first-order valence-electron chi connectivity index (χ1n) is 3.56. The molecule has 0 saturated carbocycles. The van der Waals surface area contributed by atoms with E-state index in [4.69, 9.17) is 0 Å². The quantitative estimate of drug-likeness (QED) is 0.648. The SMILES string of the molecule is COCC(=O)NCc1cn[nH]c1. The number of carbonyl (C=O) groups excluding carboxylic acids is 1. The summed E-state index contributed by atoms with van der Waals surface area (Å²) in [6.07, 6.45) is 3.39. The first kappa shape index (κ1) is 8.73. The van der Waals surface area contributed by atoms with E-state index in [0.29, 0.717) is 6.54 Å². The van der Waals surface area contributed by atoms with Crippen molar-refractivity contribution in [2.24, 2.45) is 0 Å². The Morgan fingerprint density at radius 3 is 3.25 bits per heavy atom. The van der Waals surface area contributed by atoms with E-state index in [1.54, 1.807) is 12.4 Å². The molecule has 0 bridgehead atoms. The molecule has 1 amide bonds. The van der Waals surface area contributed by atoms with Crippen molar-refractivity contribution in [3.05, 3.63) is 18.0 Å². The van der Waals surface area contributed by atoms with Gasteiger partial charge in [-0.25, -0.2) is 0 Å². The van der Waals surface area contributed by atoms with E-state index < -0.39 is 0 Å². The van der Waals surface area contributed by atoms with Crippen LogP contribution in [-0.4, -0.2) is 29.8 Å². The molecule has 1 rings (SSSR count). The maximum Gasteiger partial charge on any atom is 0.246 e. The monoisotopic (exact) mass is 169 g/mol. The zero-order valence-corrected chi connectivity index (χ0v) is 6.83. The highest BCUT2D eigenvalue weighted by molar-refractivity contribution is 5.77. The van der Waals surface area contributed by atoms with Crippen LogP contribution in [0.25, 0.3) is 0 Å². The van der Waals surface area contributed by atoms with E-state index >= 15 is 0 Å². The first-order chi connectivity index (χ1) is 5.83. The van der Waals surface area contributed by atoms with Gasteiger partial charge in [0.2, 0.25) is 5.91 Å². The molecular weight excluding hydrogens is 158 g/mol. The fourth-order valence-corrected chi connectivity index (χ4v) is 0.757. The predicted octanol–water partition coefficient (Wildman–Crippen LogP) is -0.328. The van der Waals surface area contributed by atoms with Gasteiger partial charge in [-0.3, -0.25) is 9.89 Å². The van der Waals surface area contributed by atoms with E-state index in [-0.39, 0.29) is 12.5 Å². The summed E-state index contributed by atoms with van der Waals surface area (Å²) >= 11 is 0. The summed E-state index contributed by atoms with van der Waals surface area (Å²) in [4.78, 5) is 10.9. The van der Waals surface area contributed by atoms with Crippen LogP contribution < -0.4 is 5.32 Å². The molecule has 0 unspecified atom stereocenters. The minimum atomic E-state index is -0.126. The van der Waals surface area contributed by atoms with Gasteiger partial charge in [-0.15, -0.1) is 0 Å². The number of H-pyrrole nitrogens is 1. The fraction of sp³-hybridized carbons (Fsp3) is 0.429. The summed E-state index contributed by atoms with van der Waals surface area (Å²) in [5.41, 5.74) is 0.944. The molecule has 0 saturated heterocycles.